The zero-order chi connectivity index (χ0) is 23.1. The third kappa shape index (κ3) is 5.39. The van der Waals surface area contributed by atoms with Gasteiger partial charge >= 0.3 is 0 Å². The molecule has 2 N–H and O–H groups in total. The number of rotatable bonds is 11. The number of nitrogens with zero attached hydrogens (tertiary/aromatic N) is 1. The fraction of sp³-hybridized carbons (Fsp3) is 0.292. The molecule has 2 aromatic rings. The van der Waals surface area contributed by atoms with E-state index in [4.69, 9.17) is 9.47 Å². The molecule has 7 nitrogen and oxygen atoms in total. The number of aliphatic imine (C=N–C) groups is 1. The Kier molecular flexibility index (Phi) is 7.37. The summed E-state index contributed by atoms with van der Waals surface area (Å²) in [6.45, 7) is 6.37. The van der Waals surface area contributed by atoms with E-state index in [1.54, 1.807) is 50.6 Å². The molecular weight excluding hydrogens is 413 g/mol. The number of benzene rings is 2. The highest BCUT2D eigenvalue weighted by molar-refractivity contribution is 6.07. The number of amides is 1. The van der Waals surface area contributed by atoms with Crippen LogP contribution in [-0.4, -0.2) is 38.7 Å². The third-order valence-corrected chi connectivity index (χ3v) is 5.07. The van der Waals surface area contributed by atoms with Crippen molar-refractivity contribution in [3.63, 3.8) is 0 Å². The van der Waals surface area contributed by atoms with Crippen LogP contribution >= 0.6 is 0 Å². The molecule has 0 unspecified atom stereocenters. The van der Waals surface area contributed by atoms with Gasteiger partial charge in [-0.15, -0.1) is 0 Å². The van der Waals surface area contributed by atoms with Gasteiger partial charge in [0.2, 0.25) is 5.91 Å². The quantitative estimate of drug-likeness (QED) is 0.232. The fourth-order valence-electron chi connectivity index (χ4n) is 3.10. The van der Waals surface area contributed by atoms with Gasteiger partial charge in [-0.25, -0.2) is 4.39 Å². The molecule has 1 amide bonds. The molecule has 0 bridgehead atoms. The Labute approximate surface area is 186 Å². The SMILES string of the molecule is C=C(Nc1ccc(NC(=O)C2(C=O)CC2)cc1)c1c(F)cc(OCCOC)cc1N=CC. The Morgan fingerprint density at radius 1 is 1.19 bits per heavy atom. The van der Waals surface area contributed by atoms with Gasteiger partial charge in [-0.2, -0.15) is 0 Å². The maximum absolute atomic E-state index is 14.9. The number of carbonyl (C=O) groups is 2. The number of methoxy groups -OCH3 is 1. The van der Waals surface area contributed by atoms with Crippen molar-refractivity contribution in [2.24, 2.45) is 10.4 Å². The summed E-state index contributed by atoms with van der Waals surface area (Å²) >= 11 is 0. The second kappa shape index (κ2) is 10.2. The van der Waals surface area contributed by atoms with Crippen molar-refractivity contribution in [2.75, 3.05) is 31.0 Å². The molecule has 0 aliphatic heterocycles. The number of hydrogen-bond acceptors (Lipinski definition) is 6. The van der Waals surface area contributed by atoms with Gasteiger partial charge in [-0.3, -0.25) is 9.79 Å². The van der Waals surface area contributed by atoms with Crippen molar-refractivity contribution in [2.45, 2.75) is 19.8 Å². The Bertz CT molecular complexity index is 1030. The molecule has 1 saturated carbocycles. The van der Waals surface area contributed by atoms with E-state index in [1.807, 2.05) is 0 Å². The highest BCUT2D eigenvalue weighted by atomic mass is 19.1. The van der Waals surface area contributed by atoms with Crippen molar-refractivity contribution in [1.82, 2.24) is 0 Å². The standard InChI is InChI=1S/C24H26FN3O4/c1-4-26-21-14-19(32-12-11-31-3)13-20(25)22(21)16(2)27-17-5-7-18(8-6-17)28-23(30)24(15-29)9-10-24/h4-8,13-15,27H,2,9-12H2,1,3H3,(H,28,30). The molecule has 3 rings (SSSR count). The molecule has 0 heterocycles. The molecule has 1 fully saturated rings. The second-order valence-corrected chi connectivity index (χ2v) is 7.44. The lowest BCUT2D eigenvalue weighted by molar-refractivity contribution is -0.126. The van der Waals surface area contributed by atoms with E-state index in [0.29, 0.717) is 60.9 Å². The number of ether oxygens (including phenoxy) is 2. The smallest absolute Gasteiger partial charge is 0.237 e. The van der Waals surface area contributed by atoms with Gasteiger partial charge in [-0.05, 0) is 44.0 Å². The summed E-state index contributed by atoms with van der Waals surface area (Å²) in [6, 6.07) is 9.77. The zero-order valence-electron chi connectivity index (χ0n) is 18.1. The maximum atomic E-state index is 14.9. The summed E-state index contributed by atoms with van der Waals surface area (Å²) in [4.78, 5) is 27.5. The topological polar surface area (TPSA) is 89.0 Å². The number of aldehydes is 1. The molecule has 168 valence electrons. The highest BCUT2D eigenvalue weighted by Crippen LogP contribution is 2.44. The number of halogens is 1. The van der Waals surface area contributed by atoms with Crippen molar-refractivity contribution in [1.29, 1.82) is 0 Å². The summed E-state index contributed by atoms with van der Waals surface area (Å²) in [6.07, 6.45) is 3.42. The van der Waals surface area contributed by atoms with Crippen LogP contribution in [0.15, 0.2) is 48.0 Å². The number of nitrogens with one attached hydrogen (secondary N) is 2. The summed E-state index contributed by atoms with van der Waals surface area (Å²) in [5.74, 6) is -0.472. The highest BCUT2D eigenvalue weighted by Gasteiger charge is 2.50. The lowest BCUT2D eigenvalue weighted by Crippen LogP contribution is -2.25. The van der Waals surface area contributed by atoms with E-state index in [0.717, 1.165) is 0 Å². The molecule has 32 heavy (non-hydrogen) atoms. The molecule has 1 aliphatic carbocycles. The molecule has 2 aromatic carbocycles. The summed E-state index contributed by atoms with van der Waals surface area (Å²) in [5, 5.41) is 5.81. The second-order valence-electron chi connectivity index (χ2n) is 7.44. The van der Waals surface area contributed by atoms with E-state index < -0.39 is 11.2 Å². The molecule has 0 radical (unpaired) electrons. The maximum Gasteiger partial charge on any atom is 0.237 e. The van der Waals surface area contributed by atoms with Gasteiger partial charge in [0.15, 0.2) is 0 Å². The zero-order valence-corrected chi connectivity index (χ0v) is 18.1. The lowest BCUT2D eigenvalue weighted by Gasteiger charge is -2.15. The predicted molar refractivity (Wildman–Crippen MR) is 123 cm³/mol. The summed E-state index contributed by atoms with van der Waals surface area (Å²) in [7, 11) is 1.56. The van der Waals surface area contributed by atoms with Crippen molar-refractivity contribution < 1.29 is 23.5 Å². The van der Waals surface area contributed by atoms with Crippen LogP contribution in [-0.2, 0) is 14.3 Å². The molecule has 0 saturated heterocycles. The average Bonchev–Trinajstić information content (AvgIpc) is 3.57. The van der Waals surface area contributed by atoms with Crippen molar-refractivity contribution in [3.05, 3.63) is 54.4 Å². The van der Waals surface area contributed by atoms with E-state index in [9.17, 15) is 14.0 Å². The first-order valence-corrected chi connectivity index (χ1v) is 10.2. The number of carbonyl (C=O) groups excluding carboxylic acids is 2. The monoisotopic (exact) mass is 439 g/mol. The molecule has 0 aromatic heterocycles. The van der Waals surface area contributed by atoms with Gasteiger partial charge in [0.25, 0.3) is 0 Å². The van der Waals surface area contributed by atoms with Crippen LogP contribution in [0.4, 0.5) is 21.5 Å². The van der Waals surface area contributed by atoms with Gasteiger partial charge < -0.3 is 24.9 Å². The van der Waals surface area contributed by atoms with Gasteiger partial charge in [0, 0.05) is 42.5 Å². The minimum Gasteiger partial charge on any atom is -0.491 e. The average molecular weight is 439 g/mol. The van der Waals surface area contributed by atoms with Gasteiger partial charge in [-0.1, -0.05) is 6.58 Å². The van der Waals surface area contributed by atoms with E-state index in [-0.39, 0.29) is 11.5 Å². The van der Waals surface area contributed by atoms with Gasteiger partial charge in [0.1, 0.15) is 29.9 Å². The van der Waals surface area contributed by atoms with Crippen LogP contribution < -0.4 is 15.4 Å². The Morgan fingerprint density at radius 3 is 2.41 bits per heavy atom. The first kappa shape index (κ1) is 23.1. The van der Waals surface area contributed by atoms with Crippen LogP contribution in [0.25, 0.3) is 5.70 Å². The fourth-order valence-corrected chi connectivity index (χ4v) is 3.10. The molecule has 0 spiro atoms. The van der Waals surface area contributed by atoms with Crippen LogP contribution in [0.3, 0.4) is 0 Å². The number of anilines is 2. The van der Waals surface area contributed by atoms with Crippen LogP contribution in [0.2, 0.25) is 0 Å². The van der Waals surface area contributed by atoms with Crippen molar-refractivity contribution >= 4 is 41.2 Å². The van der Waals surface area contributed by atoms with Crippen LogP contribution in [0.5, 0.6) is 5.75 Å². The normalized spacial score (nSPS) is 14.1. The van der Waals surface area contributed by atoms with Crippen LogP contribution in [0, 0.1) is 11.2 Å². The molecule has 8 heteroatoms. The minimum absolute atomic E-state index is 0.223. The first-order valence-electron chi connectivity index (χ1n) is 10.2. The largest absolute Gasteiger partial charge is 0.491 e. The molecule has 0 atom stereocenters. The van der Waals surface area contributed by atoms with Crippen molar-refractivity contribution in [3.8, 4) is 5.75 Å². The Balaban J connectivity index is 1.72. The van der Waals surface area contributed by atoms with Gasteiger partial charge in [0.05, 0.1) is 17.9 Å². The summed E-state index contributed by atoms with van der Waals surface area (Å²) in [5.41, 5.74) is 1.26. The summed E-state index contributed by atoms with van der Waals surface area (Å²) < 4.78 is 25.3. The molecular formula is C24H26FN3O4. The third-order valence-electron chi connectivity index (χ3n) is 5.07. The first-order chi connectivity index (χ1) is 15.4. The van der Waals surface area contributed by atoms with Crippen LogP contribution in [0.1, 0.15) is 25.3 Å². The Morgan fingerprint density at radius 2 is 1.84 bits per heavy atom. The lowest BCUT2D eigenvalue weighted by atomic mass is 10.1. The predicted octanol–water partition coefficient (Wildman–Crippen LogP) is 4.57. The minimum atomic E-state index is -0.877. The number of hydrogen-bond donors (Lipinski definition) is 2. The van der Waals surface area contributed by atoms with E-state index in [2.05, 4.69) is 22.2 Å². The van der Waals surface area contributed by atoms with E-state index in [1.165, 1.54) is 6.07 Å². The van der Waals surface area contributed by atoms with E-state index >= 15 is 0 Å². The Hall–Kier alpha value is -3.52. The molecule has 1 aliphatic rings.